The summed E-state index contributed by atoms with van der Waals surface area (Å²) >= 11 is 0. The molecule has 0 aliphatic heterocycles. The Morgan fingerprint density at radius 3 is 2.38 bits per heavy atom. The summed E-state index contributed by atoms with van der Waals surface area (Å²) in [5.74, 6) is 3.11. The van der Waals surface area contributed by atoms with Gasteiger partial charge in [0.1, 0.15) is 17.5 Å². The minimum absolute atomic E-state index is 0.303. The Morgan fingerprint density at radius 1 is 1.24 bits per heavy atom. The van der Waals surface area contributed by atoms with E-state index in [4.69, 9.17) is 9.72 Å². The SMILES string of the molecule is CCC(C)N(CCOC)c1nc(C(C)C)nc(NC)c1C. The number of hydrogen-bond donors (Lipinski definition) is 1. The van der Waals surface area contributed by atoms with Crippen molar-refractivity contribution in [3.8, 4) is 0 Å². The standard InChI is InChI=1S/C16H30N4O/c1-8-12(4)20(9-10-21-7)16-13(5)15(17-6)18-14(19-16)11(2)3/h11-12H,8-10H2,1-7H3,(H,17,18,19). The van der Waals surface area contributed by atoms with E-state index < -0.39 is 0 Å². The molecule has 0 amide bonds. The fourth-order valence-corrected chi connectivity index (χ4v) is 2.25. The second kappa shape index (κ2) is 8.17. The number of ether oxygens (including phenoxy) is 1. The van der Waals surface area contributed by atoms with Gasteiger partial charge in [-0.05, 0) is 20.3 Å². The minimum Gasteiger partial charge on any atom is -0.383 e. The molecule has 5 nitrogen and oxygen atoms in total. The van der Waals surface area contributed by atoms with Gasteiger partial charge in [-0.2, -0.15) is 0 Å². The van der Waals surface area contributed by atoms with Gasteiger partial charge in [-0.1, -0.05) is 20.8 Å². The zero-order chi connectivity index (χ0) is 16.0. The van der Waals surface area contributed by atoms with Crippen LogP contribution in [0.1, 0.15) is 51.4 Å². The second-order valence-electron chi connectivity index (χ2n) is 5.73. The van der Waals surface area contributed by atoms with Crippen LogP contribution in [0.25, 0.3) is 0 Å². The third kappa shape index (κ3) is 4.30. The summed E-state index contributed by atoms with van der Waals surface area (Å²) in [7, 11) is 3.65. The van der Waals surface area contributed by atoms with Gasteiger partial charge in [0.05, 0.1) is 6.61 Å². The van der Waals surface area contributed by atoms with Gasteiger partial charge < -0.3 is 15.0 Å². The molecule has 0 saturated heterocycles. The summed E-state index contributed by atoms with van der Waals surface area (Å²) < 4.78 is 5.26. The lowest BCUT2D eigenvalue weighted by Gasteiger charge is -2.31. The van der Waals surface area contributed by atoms with Crippen LogP contribution in [-0.2, 0) is 4.74 Å². The first kappa shape index (κ1) is 17.7. The molecule has 0 spiro atoms. The first-order valence-electron chi connectivity index (χ1n) is 7.78. The van der Waals surface area contributed by atoms with Gasteiger partial charge in [-0.25, -0.2) is 9.97 Å². The highest BCUT2D eigenvalue weighted by Gasteiger charge is 2.20. The van der Waals surface area contributed by atoms with Crippen LogP contribution in [-0.4, -0.2) is 43.3 Å². The first-order chi connectivity index (χ1) is 9.96. The zero-order valence-electron chi connectivity index (χ0n) is 14.5. The molecule has 0 fully saturated rings. The fourth-order valence-electron chi connectivity index (χ4n) is 2.25. The van der Waals surface area contributed by atoms with Gasteiger partial charge in [0, 0.05) is 38.2 Å². The number of hydrogen-bond acceptors (Lipinski definition) is 5. The molecule has 1 atom stereocenters. The van der Waals surface area contributed by atoms with Crippen LogP contribution in [0.5, 0.6) is 0 Å². The van der Waals surface area contributed by atoms with Crippen LogP contribution in [0.3, 0.4) is 0 Å². The van der Waals surface area contributed by atoms with Crippen LogP contribution in [0, 0.1) is 6.92 Å². The van der Waals surface area contributed by atoms with Crippen LogP contribution in [0.15, 0.2) is 0 Å². The number of anilines is 2. The summed E-state index contributed by atoms with van der Waals surface area (Å²) in [6, 6.07) is 0.415. The van der Waals surface area contributed by atoms with Crippen molar-refractivity contribution in [1.29, 1.82) is 0 Å². The van der Waals surface area contributed by atoms with Crippen molar-refractivity contribution < 1.29 is 4.74 Å². The Bertz CT molecular complexity index is 448. The molecule has 1 aromatic heterocycles. The van der Waals surface area contributed by atoms with Crippen LogP contribution in [0.4, 0.5) is 11.6 Å². The molecular weight excluding hydrogens is 264 g/mol. The highest BCUT2D eigenvalue weighted by molar-refractivity contribution is 5.59. The molecule has 0 aromatic carbocycles. The molecule has 120 valence electrons. The quantitative estimate of drug-likeness (QED) is 0.798. The van der Waals surface area contributed by atoms with Crippen molar-refractivity contribution in [2.45, 2.75) is 53.0 Å². The number of aromatic nitrogens is 2. The molecule has 21 heavy (non-hydrogen) atoms. The molecule has 1 rings (SSSR count). The largest absolute Gasteiger partial charge is 0.383 e. The monoisotopic (exact) mass is 294 g/mol. The lowest BCUT2D eigenvalue weighted by Crippen LogP contribution is -2.37. The molecule has 1 aromatic rings. The normalized spacial score (nSPS) is 12.6. The molecule has 0 aliphatic carbocycles. The minimum atomic E-state index is 0.303. The summed E-state index contributed by atoms with van der Waals surface area (Å²) in [5.41, 5.74) is 1.10. The molecule has 0 saturated carbocycles. The summed E-state index contributed by atoms with van der Waals surface area (Å²) in [4.78, 5) is 11.8. The van der Waals surface area contributed by atoms with Gasteiger partial charge in [-0.3, -0.25) is 0 Å². The molecule has 1 N–H and O–H groups in total. The molecule has 1 heterocycles. The Labute approximate surface area is 129 Å². The van der Waals surface area contributed by atoms with E-state index in [0.717, 1.165) is 36.0 Å². The van der Waals surface area contributed by atoms with Gasteiger partial charge >= 0.3 is 0 Å². The van der Waals surface area contributed by atoms with E-state index in [9.17, 15) is 0 Å². The summed E-state index contributed by atoms with van der Waals surface area (Å²) in [5, 5.41) is 3.19. The average Bonchev–Trinajstić information content (AvgIpc) is 2.48. The zero-order valence-corrected chi connectivity index (χ0v) is 14.5. The number of nitrogens with one attached hydrogen (secondary N) is 1. The third-order valence-corrected chi connectivity index (χ3v) is 3.82. The Morgan fingerprint density at radius 2 is 1.90 bits per heavy atom. The Balaban J connectivity index is 3.30. The Hall–Kier alpha value is -1.36. The first-order valence-corrected chi connectivity index (χ1v) is 7.78. The van der Waals surface area contributed by atoms with Crippen molar-refractivity contribution in [1.82, 2.24) is 9.97 Å². The van der Waals surface area contributed by atoms with Gasteiger partial charge in [-0.15, -0.1) is 0 Å². The second-order valence-corrected chi connectivity index (χ2v) is 5.73. The van der Waals surface area contributed by atoms with Crippen molar-refractivity contribution in [2.75, 3.05) is 37.5 Å². The molecular formula is C16H30N4O. The highest BCUT2D eigenvalue weighted by atomic mass is 16.5. The predicted octanol–water partition coefficient (Wildman–Crippen LogP) is 3.20. The summed E-state index contributed by atoms with van der Waals surface area (Å²) in [6.07, 6.45) is 1.07. The average molecular weight is 294 g/mol. The van der Waals surface area contributed by atoms with E-state index in [1.165, 1.54) is 0 Å². The maximum atomic E-state index is 5.26. The fraction of sp³-hybridized carbons (Fsp3) is 0.750. The lowest BCUT2D eigenvalue weighted by atomic mass is 10.1. The Kier molecular flexibility index (Phi) is 6.89. The van der Waals surface area contributed by atoms with Crippen molar-refractivity contribution >= 4 is 11.6 Å². The van der Waals surface area contributed by atoms with E-state index in [-0.39, 0.29) is 0 Å². The van der Waals surface area contributed by atoms with Crippen molar-refractivity contribution in [3.63, 3.8) is 0 Å². The molecule has 0 bridgehead atoms. The van der Waals surface area contributed by atoms with E-state index in [1.54, 1.807) is 7.11 Å². The van der Waals surface area contributed by atoms with Crippen molar-refractivity contribution in [2.24, 2.45) is 0 Å². The topological polar surface area (TPSA) is 50.3 Å². The van der Waals surface area contributed by atoms with Crippen LogP contribution >= 0.6 is 0 Å². The predicted molar refractivity (Wildman–Crippen MR) is 89.4 cm³/mol. The van der Waals surface area contributed by atoms with E-state index in [0.29, 0.717) is 18.6 Å². The maximum Gasteiger partial charge on any atom is 0.137 e. The third-order valence-electron chi connectivity index (χ3n) is 3.82. The van der Waals surface area contributed by atoms with E-state index >= 15 is 0 Å². The lowest BCUT2D eigenvalue weighted by molar-refractivity contribution is 0.203. The van der Waals surface area contributed by atoms with Gasteiger partial charge in [0.2, 0.25) is 0 Å². The number of methoxy groups -OCH3 is 1. The van der Waals surface area contributed by atoms with Gasteiger partial charge in [0.25, 0.3) is 0 Å². The van der Waals surface area contributed by atoms with Crippen LogP contribution < -0.4 is 10.2 Å². The maximum absolute atomic E-state index is 5.26. The van der Waals surface area contributed by atoms with E-state index in [2.05, 4.69) is 49.8 Å². The molecule has 5 heteroatoms. The van der Waals surface area contributed by atoms with E-state index in [1.807, 2.05) is 7.05 Å². The molecule has 0 radical (unpaired) electrons. The van der Waals surface area contributed by atoms with Crippen LogP contribution in [0.2, 0.25) is 0 Å². The molecule has 0 aliphatic rings. The number of nitrogens with zero attached hydrogens (tertiary/aromatic N) is 3. The highest BCUT2D eigenvalue weighted by Crippen LogP contribution is 2.27. The number of rotatable bonds is 8. The smallest absolute Gasteiger partial charge is 0.137 e. The van der Waals surface area contributed by atoms with Gasteiger partial charge in [0.15, 0.2) is 0 Å². The molecule has 1 unspecified atom stereocenters. The van der Waals surface area contributed by atoms with Crippen molar-refractivity contribution in [3.05, 3.63) is 11.4 Å². The summed E-state index contributed by atoms with van der Waals surface area (Å²) in [6.45, 7) is 12.3.